The number of rotatable bonds is 24. The van der Waals surface area contributed by atoms with Gasteiger partial charge in [-0.1, -0.05) is 36.4 Å². The van der Waals surface area contributed by atoms with E-state index in [4.69, 9.17) is 28.4 Å². The SMILES string of the molecule is CCOc1ccccc1NC(=O)OCCCN1CCN(c2cccnn2)CC1.CCOc1ccccc1NC(=O)OCCCN1CCN(c2ccncc2)CC1.CCOc1ccccc1NC(=O)OCCCN1CCN(c2ccncn2)CC1. The molecule has 3 aliphatic rings. The summed E-state index contributed by atoms with van der Waals surface area (Å²) in [4.78, 5) is 62.4. The van der Waals surface area contributed by atoms with Crippen molar-refractivity contribution in [2.24, 2.45) is 0 Å². The number of carbonyl (C=O) groups is 3. The van der Waals surface area contributed by atoms with Gasteiger partial charge in [0.15, 0.2) is 5.82 Å². The van der Waals surface area contributed by atoms with E-state index in [1.807, 2.05) is 118 Å². The Morgan fingerprint density at radius 1 is 0.429 bits per heavy atom. The molecule has 3 fully saturated rings. The van der Waals surface area contributed by atoms with E-state index in [1.165, 1.54) is 5.69 Å². The number of amides is 3. The summed E-state index contributed by atoms with van der Waals surface area (Å²) in [5, 5.41) is 16.3. The van der Waals surface area contributed by atoms with E-state index in [-0.39, 0.29) is 0 Å². The highest BCUT2D eigenvalue weighted by Gasteiger charge is 2.21. The lowest BCUT2D eigenvalue weighted by Gasteiger charge is -2.36. The third kappa shape index (κ3) is 22.0. The van der Waals surface area contributed by atoms with Crippen molar-refractivity contribution < 1.29 is 42.8 Å². The van der Waals surface area contributed by atoms with Gasteiger partial charge in [0.05, 0.1) is 56.7 Å². The van der Waals surface area contributed by atoms with E-state index >= 15 is 0 Å². The van der Waals surface area contributed by atoms with Gasteiger partial charge in [-0.15, -0.1) is 5.10 Å². The first-order valence-corrected chi connectivity index (χ1v) is 29.1. The second-order valence-electron chi connectivity index (χ2n) is 19.5. The van der Waals surface area contributed by atoms with Crippen LogP contribution in [0.3, 0.4) is 0 Å². The summed E-state index contributed by atoms with van der Waals surface area (Å²) in [5.74, 6) is 3.83. The minimum atomic E-state index is -0.459. The molecule has 0 atom stereocenters. The number of piperazine rings is 3. The minimum absolute atomic E-state index is 0.382. The number of nitrogens with zero attached hydrogens (tertiary/aromatic N) is 11. The lowest BCUT2D eigenvalue weighted by atomic mass is 10.2. The Labute approximate surface area is 493 Å². The molecule has 23 nitrogen and oxygen atoms in total. The molecule has 6 aromatic rings. The first kappa shape index (κ1) is 63.0. The maximum Gasteiger partial charge on any atom is 0.411 e. The zero-order valence-corrected chi connectivity index (χ0v) is 48.8. The van der Waals surface area contributed by atoms with Gasteiger partial charge in [-0.3, -0.25) is 35.6 Å². The Hall–Kier alpha value is -8.54. The average molecular weight is 1160 g/mol. The van der Waals surface area contributed by atoms with Crippen molar-refractivity contribution in [3.05, 3.63) is 134 Å². The van der Waals surface area contributed by atoms with Crippen molar-refractivity contribution >= 4 is 52.7 Å². The Morgan fingerprint density at radius 2 is 0.821 bits per heavy atom. The summed E-state index contributed by atoms with van der Waals surface area (Å²) >= 11 is 0. The molecule has 3 aromatic carbocycles. The fourth-order valence-electron chi connectivity index (χ4n) is 9.47. The molecule has 9 rings (SSSR count). The number of para-hydroxylation sites is 6. The summed E-state index contributed by atoms with van der Waals surface area (Å²) in [6.45, 7) is 22.8. The van der Waals surface area contributed by atoms with Gasteiger partial charge in [-0.05, 0) is 107 Å². The largest absolute Gasteiger partial charge is 0.492 e. The van der Waals surface area contributed by atoms with Crippen LogP contribution >= 0.6 is 0 Å². The number of hydrogen-bond acceptors (Lipinski definition) is 20. The normalized spacial score (nSPS) is 14.5. The van der Waals surface area contributed by atoms with Gasteiger partial charge in [-0.2, -0.15) is 5.10 Å². The second kappa shape index (κ2) is 36.1. The zero-order chi connectivity index (χ0) is 58.8. The van der Waals surface area contributed by atoms with E-state index in [0.29, 0.717) is 74.0 Å². The topological polar surface area (TPSA) is 227 Å². The van der Waals surface area contributed by atoms with Gasteiger partial charge in [0, 0.05) is 129 Å². The molecule has 3 amide bonds. The van der Waals surface area contributed by atoms with Crippen molar-refractivity contribution in [1.82, 2.24) is 39.8 Å². The summed E-state index contributed by atoms with van der Waals surface area (Å²) in [5.41, 5.74) is 3.09. The minimum Gasteiger partial charge on any atom is -0.492 e. The maximum atomic E-state index is 12.0. The molecule has 450 valence electrons. The van der Waals surface area contributed by atoms with E-state index < -0.39 is 18.3 Å². The van der Waals surface area contributed by atoms with E-state index in [1.54, 1.807) is 36.9 Å². The highest BCUT2D eigenvalue weighted by atomic mass is 16.6. The van der Waals surface area contributed by atoms with Crippen molar-refractivity contribution in [2.75, 3.05) is 168 Å². The van der Waals surface area contributed by atoms with Gasteiger partial charge in [0.25, 0.3) is 0 Å². The summed E-state index contributed by atoms with van der Waals surface area (Å²) < 4.78 is 32.4. The van der Waals surface area contributed by atoms with E-state index in [0.717, 1.165) is 129 Å². The Bertz CT molecular complexity index is 2510. The molecular weight excluding hydrogens is 1070 g/mol. The standard InChI is InChI=1S/C21H28N4O3.2C20H27N5O3/c1-2-27-20-7-4-3-6-19(20)23-21(26)28-17-5-12-24-13-15-25(16-14-24)18-8-10-22-11-9-18;1-2-27-18-8-4-3-7-17(18)22-20(26)28-16-6-11-24-12-14-25(15-13-24)19-9-5-10-21-23-19;1-2-27-18-7-4-3-6-17(18)23-20(26)28-15-5-10-24-11-13-25(14-12-24)19-8-9-21-16-22-19/h3-4,6-11H,2,5,12-17H2,1H3,(H,23,26);3-5,7-10H,2,6,11-16H2,1H3,(H,22,26);3-4,6-9,16H,2,5,10-15H2,1H3,(H,23,26). The number of aromatic nitrogens is 5. The van der Waals surface area contributed by atoms with Crippen LogP contribution in [0.4, 0.5) is 48.8 Å². The lowest BCUT2D eigenvalue weighted by molar-refractivity contribution is 0.150. The lowest BCUT2D eigenvalue weighted by Crippen LogP contribution is -2.47. The van der Waals surface area contributed by atoms with Gasteiger partial charge < -0.3 is 43.1 Å². The van der Waals surface area contributed by atoms with Crippen molar-refractivity contribution in [3.8, 4) is 17.2 Å². The number of nitrogens with one attached hydrogen (secondary N) is 3. The zero-order valence-electron chi connectivity index (χ0n) is 48.8. The van der Waals surface area contributed by atoms with E-state index in [9.17, 15) is 14.4 Å². The number of pyridine rings is 1. The Balaban J connectivity index is 0.000000181. The van der Waals surface area contributed by atoms with E-state index in [2.05, 4.69) is 70.5 Å². The predicted molar refractivity (Wildman–Crippen MR) is 326 cm³/mol. The fraction of sp³-hybridized carbons (Fsp3) is 0.443. The van der Waals surface area contributed by atoms with Crippen molar-refractivity contribution in [2.45, 2.75) is 40.0 Å². The van der Waals surface area contributed by atoms with Crippen LogP contribution in [-0.4, -0.2) is 196 Å². The predicted octanol–water partition coefficient (Wildman–Crippen LogP) is 8.51. The molecule has 3 N–H and O–H groups in total. The van der Waals surface area contributed by atoms with Gasteiger partial charge >= 0.3 is 18.3 Å². The van der Waals surface area contributed by atoms with Crippen LogP contribution in [0.2, 0.25) is 0 Å². The quantitative estimate of drug-likeness (QED) is 0.0381. The number of hydrogen-bond donors (Lipinski definition) is 3. The highest BCUT2D eigenvalue weighted by Crippen LogP contribution is 2.26. The number of benzene rings is 3. The monoisotopic (exact) mass is 1150 g/mol. The third-order valence-electron chi connectivity index (χ3n) is 13.7. The van der Waals surface area contributed by atoms with Crippen LogP contribution in [0, 0.1) is 0 Å². The van der Waals surface area contributed by atoms with Gasteiger partial charge in [0.2, 0.25) is 0 Å². The molecule has 0 spiro atoms. The van der Waals surface area contributed by atoms with Crippen LogP contribution in [0.1, 0.15) is 40.0 Å². The van der Waals surface area contributed by atoms with Gasteiger partial charge in [0.1, 0.15) is 29.4 Å². The summed E-state index contributed by atoms with van der Waals surface area (Å²) in [6.07, 6.45) is 9.74. The maximum absolute atomic E-state index is 12.0. The molecule has 0 bridgehead atoms. The molecule has 0 aliphatic carbocycles. The summed E-state index contributed by atoms with van der Waals surface area (Å²) in [7, 11) is 0. The summed E-state index contributed by atoms with van der Waals surface area (Å²) in [6, 6.07) is 31.9. The van der Waals surface area contributed by atoms with Crippen LogP contribution in [0.25, 0.3) is 0 Å². The fourth-order valence-corrected chi connectivity index (χ4v) is 9.47. The van der Waals surface area contributed by atoms with Crippen LogP contribution in [0.5, 0.6) is 17.2 Å². The Morgan fingerprint density at radius 3 is 1.20 bits per heavy atom. The number of anilines is 6. The Kier molecular flexibility index (Phi) is 27.1. The molecule has 0 saturated carbocycles. The van der Waals surface area contributed by atoms with Crippen LogP contribution in [0.15, 0.2) is 134 Å². The molecular formula is C61H82N14O9. The first-order chi connectivity index (χ1) is 41.3. The average Bonchev–Trinajstić information content (AvgIpc) is 3.56. The molecule has 23 heteroatoms. The smallest absolute Gasteiger partial charge is 0.411 e. The molecule has 3 aromatic heterocycles. The van der Waals surface area contributed by atoms with Crippen molar-refractivity contribution in [1.29, 1.82) is 0 Å². The number of carbonyl (C=O) groups excluding carboxylic acids is 3. The molecule has 0 radical (unpaired) electrons. The second-order valence-corrected chi connectivity index (χ2v) is 19.5. The van der Waals surface area contributed by atoms with Crippen LogP contribution < -0.4 is 44.9 Å². The highest BCUT2D eigenvalue weighted by molar-refractivity contribution is 5.88. The molecule has 0 unspecified atom stereocenters. The van der Waals surface area contributed by atoms with Crippen molar-refractivity contribution in [3.63, 3.8) is 0 Å². The first-order valence-electron chi connectivity index (χ1n) is 29.1. The van der Waals surface area contributed by atoms with Crippen LogP contribution in [-0.2, 0) is 14.2 Å². The third-order valence-corrected chi connectivity index (χ3v) is 13.7. The molecule has 3 aliphatic heterocycles. The molecule has 84 heavy (non-hydrogen) atoms. The number of ether oxygens (including phenoxy) is 6. The molecule has 6 heterocycles. The molecule has 3 saturated heterocycles. The van der Waals surface area contributed by atoms with Gasteiger partial charge in [-0.25, -0.2) is 24.4 Å².